The highest BCUT2D eigenvalue weighted by Gasteiger charge is 2.13. The topological polar surface area (TPSA) is 98.5 Å². The zero-order valence-corrected chi connectivity index (χ0v) is 13.6. The van der Waals surface area contributed by atoms with Gasteiger partial charge in [-0.15, -0.1) is 0 Å². The van der Waals surface area contributed by atoms with E-state index in [0.717, 1.165) is 12.1 Å². The smallest absolute Gasteiger partial charge is 0.307 e. The van der Waals surface area contributed by atoms with Crippen LogP contribution in [-0.4, -0.2) is 24.3 Å². The van der Waals surface area contributed by atoms with Crippen molar-refractivity contribution in [1.29, 1.82) is 0 Å². The van der Waals surface area contributed by atoms with Gasteiger partial charge in [-0.05, 0) is 29.8 Å². The van der Waals surface area contributed by atoms with Gasteiger partial charge in [-0.25, -0.2) is 8.78 Å². The van der Waals surface area contributed by atoms with Crippen LogP contribution in [0.4, 0.5) is 8.78 Å². The van der Waals surface area contributed by atoms with E-state index < -0.39 is 29.4 Å². The van der Waals surface area contributed by atoms with Crippen LogP contribution in [-0.2, 0) is 16.1 Å². The van der Waals surface area contributed by atoms with Crippen LogP contribution in [0.25, 0.3) is 0 Å². The molecule has 0 bridgehead atoms. The van der Waals surface area contributed by atoms with E-state index in [4.69, 9.17) is 10.5 Å². The molecule has 0 aliphatic heterocycles. The quantitative estimate of drug-likeness (QED) is 0.735. The maximum atomic E-state index is 13.5. The van der Waals surface area contributed by atoms with Crippen LogP contribution in [0.1, 0.15) is 32.7 Å². The molecule has 2 aromatic rings. The fourth-order valence-corrected chi connectivity index (χ4v) is 2.05. The average molecular weight is 362 g/mol. The summed E-state index contributed by atoms with van der Waals surface area (Å²) in [5, 5.41) is 2.35. The first-order chi connectivity index (χ1) is 12.4. The van der Waals surface area contributed by atoms with Crippen LogP contribution < -0.4 is 11.1 Å². The molecule has 136 valence electrons. The standard InChI is InChI=1S/C18H16F2N2O4/c19-13-5-6-14(15(20)9-13)18(25)22-8-7-16(23)26-10-11-1-3-12(4-2-11)17(21)24/h1-6,9H,7-8,10H2,(H2,21,24)(H,22,25). The largest absolute Gasteiger partial charge is 0.461 e. The van der Waals surface area contributed by atoms with Crippen LogP contribution in [0.2, 0.25) is 0 Å². The van der Waals surface area contributed by atoms with Crippen molar-refractivity contribution in [3.8, 4) is 0 Å². The fourth-order valence-electron chi connectivity index (χ4n) is 2.05. The lowest BCUT2D eigenvalue weighted by molar-refractivity contribution is -0.144. The zero-order chi connectivity index (χ0) is 19.1. The summed E-state index contributed by atoms with van der Waals surface area (Å²) < 4.78 is 31.3. The Morgan fingerprint density at radius 1 is 1.04 bits per heavy atom. The molecule has 0 saturated heterocycles. The molecule has 0 aliphatic rings. The molecule has 0 aromatic heterocycles. The van der Waals surface area contributed by atoms with Crippen molar-refractivity contribution in [2.24, 2.45) is 5.73 Å². The van der Waals surface area contributed by atoms with Crippen LogP contribution >= 0.6 is 0 Å². The van der Waals surface area contributed by atoms with Crippen molar-refractivity contribution < 1.29 is 27.9 Å². The van der Waals surface area contributed by atoms with Gasteiger partial charge < -0.3 is 15.8 Å². The summed E-state index contributed by atoms with van der Waals surface area (Å²) in [7, 11) is 0. The van der Waals surface area contributed by atoms with Gasteiger partial charge in [-0.3, -0.25) is 14.4 Å². The summed E-state index contributed by atoms with van der Waals surface area (Å²) in [5.74, 6) is -3.64. The molecule has 0 heterocycles. The Balaban J connectivity index is 1.74. The molecular weight excluding hydrogens is 346 g/mol. The number of amides is 2. The fraction of sp³-hybridized carbons (Fsp3) is 0.167. The molecular formula is C18H16F2N2O4. The van der Waals surface area contributed by atoms with Crippen molar-refractivity contribution in [3.05, 3.63) is 70.8 Å². The highest BCUT2D eigenvalue weighted by Crippen LogP contribution is 2.09. The molecule has 0 saturated carbocycles. The molecule has 0 spiro atoms. The van der Waals surface area contributed by atoms with Crippen molar-refractivity contribution in [2.45, 2.75) is 13.0 Å². The highest BCUT2D eigenvalue weighted by atomic mass is 19.1. The van der Waals surface area contributed by atoms with E-state index in [1.807, 2.05) is 0 Å². The van der Waals surface area contributed by atoms with Crippen LogP contribution in [0, 0.1) is 11.6 Å². The molecule has 8 heteroatoms. The summed E-state index contributed by atoms with van der Waals surface area (Å²) in [4.78, 5) is 34.4. The minimum Gasteiger partial charge on any atom is -0.461 e. The molecule has 0 fully saturated rings. The minimum atomic E-state index is -0.982. The molecule has 3 N–H and O–H groups in total. The number of nitrogens with one attached hydrogen (secondary N) is 1. The van der Waals surface area contributed by atoms with Crippen LogP contribution in [0.15, 0.2) is 42.5 Å². The lowest BCUT2D eigenvalue weighted by Gasteiger charge is -2.07. The Labute approximate surface area is 147 Å². The number of esters is 1. The van der Waals surface area contributed by atoms with Gasteiger partial charge in [0, 0.05) is 18.2 Å². The normalized spacial score (nSPS) is 10.2. The van der Waals surface area contributed by atoms with E-state index in [9.17, 15) is 23.2 Å². The Bertz CT molecular complexity index is 822. The highest BCUT2D eigenvalue weighted by molar-refractivity contribution is 5.94. The number of nitrogens with two attached hydrogens (primary N) is 1. The lowest BCUT2D eigenvalue weighted by Crippen LogP contribution is -2.27. The second kappa shape index (κ2) is 8.70. The summed E-state index contributed by atoms with van der Waals surface area (Å²) >= 11 is 0. The third kappa shape index (κ3) is 5.37. The number of halogens is 2. The predicted octanol–water partition coefficient (Wildman–Crippen LogP) is 1.93. The van der Waals surface area contributed by atoms with Crippen LogP contribution in [0.5, 0.6) is 0 Å². The van der Waals surface area contributed by atoms with Gasteiger partial charge in [-0.2, -0.15) is 0 Å². The first kappa shape index (κ1) is 19.0. The van der Waals surface area contributed by atoms with Crippen molar-refractivity contribution in [1.82, 2.24) is 5.32 Å². The number of rotatable bonds is 7. The molecule has 2 rings (SSSR count). The average Bonchev–Trinajstić information content (AvgIpc) is 2.60. The SMILES string of the molecule is NC(=O)c1ccc(COC(=O)CCNC(=O)c2ccc(F)cc2F)cc1. The Morgan fingerprint density at radius 2 is 1.73 bits per heavy atom. The number of hydrogen-bond acceptors (Lipinski definition) is 4. The van der Waals surface area contributed by atoms with Gasteiger partial charge in [0.2, 0.25) is 5.91 Å². The summed E-state index contributed by atoms with van der Waals surface area (Å²) in [6, 6.07) is 8.83. The van der Waals surface area contributed by atoms with E-state index >= 15 is 0 Å². The number of carbonyl (C=O) groups is 3. The molecule has 6 nitrogen and oxygen atoms in total. The maximum absolute atomic E-state index is 13.5. The number of primary amides is 1. The van der Waals surface area contributed by atoms with E-state index in [2.05, 4.69) is 5.32 Å². The van der Waals surface area contributed by atoms with Crippen molar-refractivity contribution in [3.63, 3.8) is 0 Å². The van der Waals surface area contributed by atoms with Gasteiger partial charge in [0.05, 0.1) is 12.0 Å². The summed E-state index contributed by atoms with van der Waals surface area (Å²) in [6.45, 7) is -0.0620. The number of carbonyl (C=O) groups excluding carboxylic acids is 3. The second-order valence-corrected chi connectivity index (χ2v) is 5.35. The summed E-state index contributed by atoms with van der Waals surface area (Å²) in [5.41, 5.74) is 5.82. The van der Waals surface area contributed by atoms with Gasteiger partial charge in [-0.1, -0.05) is 12.1 Å². The first-order valence-corrected chi connectivity index (χ1v) is 7.64. The lowest BCUT2D eigenvalue weighted by atomic mass is 10.1. The van der Waals surface area contributed by atoms with E-state index in [1.54, 1.807) is 12.1 Å². The predicted molar refractivity (Wildman–Crippen MR) is 88.1 cm³/mol. The molecule has 2 amide bonds. The zero-order valence-electron chi connectivity index (χ0n) is 13.6. The Morgan fingerprint density at radius 3 is 2.35 bits per heavy atom. The van der Waals surface area contributed by atoms with E-state index in [0.29, 0.717) is 17.2 Å². The van der Waals surface area contributed by atoms with Crippen molar-refractivity contribution >= 4 is 17.8 Å². The maximum Gasteiger partial charge on any atom is 0.307 e. The third-order valence-electron chi connectivity index (χ3n) is 3.43. The van der Waals surface area contributed by atoms with Gasteiger partial charge >= 0.3 is 5.97 Å². The van der Waals surface area contributed by atoms with Gasteiger partial charge in [0.1, 0.15) is 18.2 Å². The molecule has 26 heavy (non-hydrogen) atoms. The second-order valence-electron chi connectivity index (χ2n) is 5.35. The molecule has 2 aromatic carbocycles. The molecule has 0 unspecified atom stereocenters. The Hall–Kier alpha value is -3.29. The molecule has 0 atom stereocenters. The summed E-state index contributed by atoms with van der Waals surface area (Å²) in [6.07, 6.45) is -0.117. The third-order valence-corrected chi connectivity index (χ3v) is 3.43. The molecule has 0 radical (unpaired) electrons. The number of ether oxygens (including phenoxy) is 1. The number of hydrogen-bond donors (Lipinski definition) is 2. The molecule has 0 aliphatic carbocycles. The van der Waals surface area contributed by atoms with E-state index in [-0.39, 0.29) is 25.1 Å². The first-order valence-electron chi connectivity index (χ1n) is 7.64. The van der Waals surface area contributed by atoms with E-state index in [1.165, 1.54) is 12.1 Å². The van der Waals surface area contributed by atoms with Gasteiger partial charge in [0.15, 0.2) is 0 Å². The number of benzene rings is 2. The minimum absolute atomic E-state index is 0.00158. The monoisotopic (exact) mass is 362 g/mol. The van der Waals surface area contributed by atoms with Crippen molar-refractivity contribution in [2.75, 3.05) is 6.54 Å². The van der Waals surface area contributed by atoms with Gasteiger partial charge in [0.25, 0.3) is 5.91 Å². The van der Waals surface area contributed by atoms with Crippen LogP contribution in [0.3, 0.4) is 0 Å². The Kier molecular flexibility index (Phi) is 6.37.